The van der Waals surface area contributed by atoms with Crippen molar-refractivity contribution in [2.24, 2.45) is 5.73 Å². The first-order valence-corrected chi connectivity index (χ1v) is 7.71. The number of ether oxygens (including phenoxy) is 1. The number of carbonyl (C=O) groups is 1. The lowest BCUT2D eigenvalue weighted by atomic mass is 10.0. The highest BCUT2D eigenvalue weighted by Crippen LogP contribution is 2.27. The van der Waals surface area contributed by atoms with Gasteiger partial charge in [-0.3, -0.25) is 4.79 Å². The van der Waals surface area contributed by atoms with Gasteiger partial charge < -0.3 is 15.4 Å². The molecular weight excluding hydrogens is 264 g/mol. The van der Waals surface area contributed by atoms with Crippen molar-refractivity contribution in [2.75, 3.05) is 13.2 Å². The minimum absolute atomic E-state index is 0.0263. The zero-order valence-electron chi connectivity index (χ0n) is 13.2. The number of carbonyl (C=O) groups excluding carboxylic acids is 1. The Morgan fingerprint density at radius 1 is 1.48 bits per heavy atom. The topological polar surface area (TPSA) is 55.6 Å². The largest absolute Gasteiger partial charge is 0.370 e. The second kappa shape index (κ2) is 7.05. The van der Waals surface area contributed by atoms with Crippen LogP contribution in [-0.2, 0) is 9.53 Å². The van der Waals surface area contributed by atoms with Gasteiger partial charge in [-0.05, 0) is 38.3 Å². The van der Waals surface area contributed by atoms with Gasteiger partial charge in [0.05, 0.1) is 19.2 Å². The van der Waals surface area contributed by atoms with Gasteiger partial charge in [0.15, 0.2) is 0 Å². The number of hydrogen-bond acceptors (Lipinski definition) is 3. The molecule has 1 saturated heterocycles. The summed E-state index contributed by atoms with van der Waals surface area (Å²) in [6, 6.07) is 8.41. The number of hydrogen-bond donors (Lipinski definition) is 1. The van der Waals surface area contributed by atoms with E-state index in [4.69, 9.17) is 10.5 Å². The fourth-order valence-electron chi connectivity index (χ4n) is 2.74. The van der Waals surface area contributed by atoms with Gasteiger partial charge in [-0.25, -0.2) is 0 Å². The van der Waals surface area contributed by atoms with Crippen LogP contribution in [0.1, 0.15) is 43.9 Å². The Labute approximate surface area is 127 Å². The minimum atomic E-state index is -0.0263. The number of morpholine rings is 1. The molecule has 2 rings (SSSR count). The molecule has 1 aliphatic heterocycles. The van der Waals surface area contributed by atoms with Crippen LogP contribution in [0.5, 0.6) is 0 Å². The zero-order valence-corrected chi connectivity index (χ0v) is 13.2. The van der Waals surface area contributed by atoms with Crippen LogP contribution in [-0.4, -0.2) is 36.0 Å². The van der Waals surface area contributed by atoms with E-state index in [1.165, 1.54) is 11.1 Å². The van der Waals surface area contributed by atoms with E-state index in [1.54, 1.807) is 0 Å². The molecule has 1 aliphatic rings. The van der Waals surface area contributed by atoms with E-state index < -0.39 is 0 Å². The molecule has 1 fully saturated rings. The molecule has 1 heterocycles. The Kier molecular flexibility index (Phi) is 5.37. The Balaban J connectivity index is 2.05. The van der Waals surface area contributed by atoms with Gasteiger partial charge in [-0.2, -0.15) is 0 Å². The normalized spacial score (nSPS) is 23.9. The summed E-state index contributed by atoms with van der Waals surface area (Å²) in [6.07, 6.45) is 1.22. The van der Waals surface area contributed by atoms with E-state index in [9.17, 15) is 4.79 Å². The van der Waals surface area contributed by atoms with Crippen molar-refractivity contribution in [1.82, 2.24) is 4.90 Å². The molecule has 1 aromatic carbocycles. The maximum atomic E-state index is 12.4. The van der Waals surface area contributed by atoms with Gasteiger partial charge in [-0.1, -0.05) is 24.3 Å². The van der Waals surface area contributed by atoms with Crippen LogP contribution >= 0.6 is 0 Å². The van der Waals surface area contributed by atoms with E-state index in [0.29, 0.717) is 19.6 Å². The van der Waals surface area contributed by atoms with Crippen molar-refractivity contribution >= 4 is 5.91 Å². The number of benzene rings is 1. The van der Waals surface area contributed by atoms with Crippen molar-refractivity contribution in [3.63, 3.8) is 0 Å². The molecule has 2 N–H and O–H groups in total. The van der Waals surface area contributed by atoms with Gasteiger partial charge >= 0.3 is 0 Å². The summed E-state index contributed by atoms with van der Waals surface area (Å²) in [5.41, 5.74) is 8.13. The summed E-state index contributed by atoms with van der Waals surface area (Å²) < 4.78 is 5.94. The summed E-state index contributed by atoms with van der Waals surface area (Å²) >= 11 is 0. The molecule has 1 amide bonds. The molecule has 1 aromatic rings. The summed E-state index contributed by atoms with van der Waals surface area (Å²) in [7, 11) is 0. The molecule has 4 heteroatoms. The predicted molar refractivity (Wildman–Crippen MR) is 83.9 cm³/mol. The van der Waals surface area contributed by atoms with Gasteiger partial charge in [0.25, 0.3) is 0 Å². The van der Waals surface area contributed by atoms with Crippen LogP contribution in [0, 0.1) is 6.92 Å². The van der Waals surface area contributed by atoms with Crippen molar-refractivity contribution in [3.05, 3.63) is 35.4 Å². The SMILES string of the molecule is Cc1ccccc1C1CN(C(=O)CCC(C)N)C(C)CO1. The van der Waals surface area contributed by atoms with Crippen molar-refractivity contribution in [3.8, 4) is 0 Å². The highest BCUT2D eigenvalue weighted by molar-refractivity contribution is 5.76. The molecule has 0 bridgehead atoms. The monoisotopic (exact) mass is 290 g/mol. The number of amides is 1. The van der Waals surface area contributed by atoms with Crippen molar-refractivity contribution in [2.45, 2.75) is 51.8 Å². The molecule has 0 aliphatic carbocycles. The van der Waals surface area contributed by atoms with Crippen LogP contribution in [0.4, 0.5) is 0 Å². The number of nitrogens with two attached hydrogens (primary N) is 1. The summed E-state index contributed by atoms with van der Waals surface area (Å²) in [4.78, 5) is 14.3. The number of nitrogens with zero attached hydrogens (tertiary/aromatic N) is 1. The Bertz CT molecular complexity index is 487. The summed E-state index contributed by atoms with van der Waals surface area (Å²) in [5, 5.41) is 0. The van der Waals surface area contributed by atoms with Crippen LogP contribution < -0.4 is 5.73 Å². The fraction of sp³-hybridized carbons (Fsp3) is 0.588. The van der Waals surface area contributed by atoms with E-state index in [-0.39, 0.29) is 24.1 Å². The second-order valence-corrected chi connectivity index (χ2v) is 6.09. The van der Waals surface area contributed by atoms with Crippen molar-refractivity contribution in [1.29, 1.82) is 0 Å². The van der Waals surface area contributed by atoms with Crippen LogP contribution in [0.2, 0.25) is 0 Å². The lowest BCUT2D eigenvalue weighted by molar-refractivity contribution is -0.144. The average molecular weight is 290 g/mol. The maximum absolute atomic E-state index is 12.4. The van der Waals surface area contributed by atoms with Crippen LogP contribution in [0.3, 0.4) is 0 Å². The first-order chi connectivity index (χ1) is 9.99. The van der Waals surface area contributed by atoms with E-state index in [0.717, 1.165) is 6.42 Å². The first-order valence-electron chi connectivity index (χ1n) is 7.71. The quantitative estimate of drug-likeness (QED) is 0.926. The predicted octanol–water partition coefficient (Wildman–Crippen LogP) is 2.41. The first kappa shape index (κ1) is 16.0. The second-order valence-electron chi connectivity index (χ2n) is 6.09. The molecule has 0 aromatic heterocycles. The average Bonchev–Trinajstić information content (AvgIpc) is 2.46. The molecule has 0 saturated carbocycles. The van der Waals surface area contributed by atoms with Gasteiger partial charge in [0.1, 0.15) is 6.10 Å². The summed E-state index contributed by atoms with van der Waals surface area (Å²) in [6.45, 7) is 7.27. The third-order valence-electron chi connectivity index (χ3n) is 4.10. The van der Waals surface area contributed by atoms with E-state index in [2.05, 4.69) is 19.1 Å². The van der Waals surface area contributed by atoms with Gasteiger partial charge in [-0.15, -0.1) is 0 Å². The molecule has 4 nitrogen and oxygen atoms in total. The third kappa shape index (κ3) is 4.05. The van der Waals surface area contributed by atoms with E-state index >= 15 is 0 Å². The molecule has 116 valence electrons. The molecule has 0 spiro atoms. The summed E-state index contributed by atoms with van der Waals surface area (Å²) in [5.74, 6) is 0.182. The maximum Gasteiger partial charge on any atom is 0.223 e. The smallest absolute Gasteiger partial charge is 0.223 e. The molecule has 3 unspecified atom stereocenters. The van der Waals surface area contributed by atoms with Crippen LogP contribution in [0.25, 0.3) is 0 Å². The number of rotatable bonds is 4. The molecular formula is C17H26N2O2. The van der Waals surface area contributed by atoms with Crippen LogP contribution in [0.15, 0.2) is 24.3 Å². The van der Waals surface area contributed by atoms with Gasteiger partial charge in [0.2, 0.25) is 5.91 Å². The molecule has 0 radical (unpaired) electrons. The molecule has 21 heavy (non-hydrogen) atoms. The Hall–Kier alpha value is -1.39. The highest BCUT2D eigenvalue weighted by Gasteiger charge is 2.30. The molecule has 3 atom stereocenters. The van der Waals surface area contributed by atoms with E-state index in [1.807, 2.05) is 30.9 Å². The van der Waals surface area contributed by atoms with Crippen molar-refractivity contribution < 1.29 is 9.53 Å². The minimum Gasteiger partial charge on any atom is -0.370 e. The van der Waals surface area contributed by atoms with Gasteiger partial charge in [0, 0.05) is 12.5 Å². The highest BCUT2D eigenvalue weighted by atomic mass is 16.5. The lowest BCUT2D eigenvalue weighted by Gasteiger charge is -2.38. The standard InChI is InChI=1S/C17H26N2O2/c1-12-6-4-5-7-15(12)16-10-19(14(3)11-21-16)17(20)9-8-13(2)18/h4-7,13-14,16H,8-11,18H2,1-3H3. The lowest BCUT2D eigenvalue weighted by Crippen LogP contribution is -2.48. The Morgan fingerprint density at radius 2 is 2.19 bits per heavy atom. The fourth-order valence-corrected chi connectivity index (χ4v) is 2.74. The zero-order chi connectivity index (χ0) is 15.4. The third-order valence-corrected chi connectivity index (χ3v) is 4.10. The Morgan fingerprint density at radius 3 is 2.86 bits per heavy atom. The number of aryl methyl sites for hydroxylation is 1.